The van der Waals surface area contributed by atoms with E-state index in [0.717, 1.165) is 5.75 Å². The number of carbonyl (C=O) groups is 2. The minimum atomic E-state index is -0.133. The number of carbonyl (C=O) groups excluding carboxylic acids is 2. The van der Waals surface area contributed by atoms with Gasteiger partial charge in [-0.25, -0.2) is 0 Å². The van der Waals surface area contributed by atoms with Gasteiger partial charge in [0.1, 0.15) is 5.75 Å². The molecule has 1 aromatic carbocycles. The number of nitrogens with zero attached hydrogens (tertiary/aromatic N) is 1. The van der Waals surface area contributed by atoms with Gasteiger partial charge in [0, 0.05) is 0 Å². The Kier molecular flexibility index (Phi) is 2.47. The van der Waals surface area contributed by atoms with Crippen LogP contribution < -0.4 is 9.64 Å². The molecule has 1 spiro atoms. The molecule has 2 saturated carbocycles. The summed E-state index contributed by atoms with van der Waals surface area (Å²) in [6.45, 7) is 2.53. The lowest BCUT2D eigenvalue weighted by molar-refractivity contribution is -0.123. The molecule has 4 aliphatic rings. The molecule has 2 amide bonds. The first-order valence-corrected chi connectivity index (χ1v) is 8.46. The summed E-state index contributed by atoms with van der Waals surface area (Å²) in [4.78, 5) is 27.3. The molecule has 2 bridgehead atoms. The normalized spacial score (nSPS) is 35.3. The van der Waals surface area contributed by atoms with Crippen molar-refractivity contribution in [3.8, 4) is 5.75 Å². The lowest BCUT2D eigenvalue weighted by Gasteiger charge is -2.21. The number of amides is 2. The average Bonchev–Trinajstić information content (AvgIpc) is 3.15. The highest BCUT2D eigenvalue weighted by Gasteiger charge is 2.73. The minimum absolute atomic E-state index is 0.00714. The molecule has 5 rings (SSSR count). The lowest BCUT2D eigenvalue weighted by Crippen LogP contribution is -2.34. The zero-order valence-corrected chi connectivity index (χ0v) is 13.1. The van der Waals surface area contributed by atoms with Crippen LogP contribution in [0, 0.1) is 29.1 Å². The Balaban J connectivity index is 1.48. The van der Waals surface area contributed by atoms with E-state index in [1.54, 1.807) is 0 Å². The fourth-order valence-corrected chi connectivity index (χ4v) is 5.19. The number of allylic oxidation sites excluding steroid dienone is 2. The monoisotopic (exact) mass is 309 g/mol. The quantitative estimate of drug-likeness (QED) is 0.637. The van der Waals surface area contributed by atoms with Gasteiger partial charge in [0.25, 0.3) is 0 Å². The van der Waals surface area contributed by atoms with E-state index in [4.69, 9.17) is 4.74 Å². The van der Waals surface area contributed by atoms with Crippen LogP contribution in [0.3, 0.4) is 0 Å². The molecule has 4 nitrogen and oxygen atoms in total. The Bertz CT molecular complexity index is 697. The highest BCUT2D eigenvalue weighted by Crippen LogP contribution is 2.73. The van der Waals surface area contributed by atoms with Crippen LogP contribution in [-0.4, -0.2) is 18.4 Å². The number of benzene rings is 1. The second-order valence-corrected chi connectivity index (χ2v) is 7.16. The first kappa shape index (κ1) is 13.3. The van der Waals surface area contributed by atoms with Crippen LogP contribution >= 0.6 is 0 Å². The molecule has 1 aromatic rings. The number of fused-ring (bicyclic) bond motifs is 3. The van der Waals surface area contributed by atoms with Gasteiger partial charge in [-0.2, -0.15) is 0 Å². The van der Waals surface area contributed by atoms with Gasteiger partial charge < -0.3 is 4.74 Å². The summed E-state index contributed by atoms with van der Waals surface area (Å²) in [6.07, 6.45) is 6.75. The largest absolute Gasteiger partial charge is 0.494 e. The van der Waals surface area contributed by atoms with Gasteiger partial charge in [0.05, 0.1) is 24.1 Å². The average molecular weight is 309 g/mol. The second-order valence-electron chi connectivity index (χ2n) is 7.16. The molecule has 0 aromatic heterocycles. The molecule has 1 aliphatic heterocycles. The first-order chi connectivity index (χ1) is 11.2. The predicted molar refractivity (Wildman–Crippen MR) is 84.9 cm³/mol. The number of hydrogen-bond donors (Lipinski definition) is 0. The van der Waals surface area contributed by atoms with Crippen molar-refractivity contribution in [2.75, 3.05) is 11.5 Å². The van der Waals surface area contributed by atoms with E-state index >= 15 is 0 Å². The number of imide groups is 1. The van der Waals surface area contributed by atoms with Crippen LogP contribution in [0.5, 0.6) is 5.75 Å². The maximum atomic E-state index is 13.0. The molecule has 0 radical (unpaired) electrons. The highest BCUT2D eigenvalue weighted by atomic mass is 16.5. The summed E-state index contributed by atoms with van der Waals surface area (Å²) in [7, 11) is 0. The fourth-order valence-electron chi connectivity index (χ4n) is 5.19. The molecule has 118 valence electrons. The van der Waals surface area contributed by atoms with Crippen LogP contribution in [0.2, 0.25) is 0 Å². The minimum Gasteiger partial charge on any atom is -0.494 e. The molecule has 23 heavy (non-hydrogen) atoms. The third-order valence-electron chi connectivity index (χ3n) is 6.26. The van der Waals surface area contributed by atoms with Crippen LogP contribution in [0.4, 0.5) is 5.69 Å². The van der Waals surface area contributed by atoms with E-state index in [0.29, 0.717) is 12.3 Å². The summed E-state index contributed by atoms with van der Waals surface area (Å²) in [5.74, 6) is 1.04. The summed E-state index contributed by atoms with van der Waals surface area (Å²) >= 11 is 0. The van der Waals surface area contributed by atoms with Gasteiger partial charge >= 0.3 is 0 Å². The van der Waals surface area contributed by atoms with Gasteiger partial charge in [-0.05, 0) is 61.3 Å². The highest BCUT2D eigenvalue weighted by molar-refractivity contribution is 6.23. The molecule has 1 saturated heterocycles. The third kappa shape index (κ3) is 1.51. The number of ether oxygens (including phenoxy) is 1. The van der Waals surface area contributed by atoms with Crippen molar-refractivity contribution in [2.24, 2.45) is 29.1 Å². The fraction of sp³-hybridized carbons (Fsp3) is 0.474. The van der Waals surface area contributed by atoms with Crippen molar-refractivity contribution in [1.82, 2.24) is 0 Å². The SMILES string of the molecule is CCOc1ccc(N2C(=O)C3C(C2=O)C2C=CC3C23CC3)cc1. The van der Waals surface area contributed by atoms with E-state index in [1.807, 2.05) is 31.2 Å². The van der Waals surface area contributed by atoms with Gasteiger partial charge in [0.2, 0.25) is 11.8 Å². The Morgan fingerprint density at radius 1 is 1.04 bits per heavy atom. The topological polar surface area (TPSA) is 46.6 Å². The summed E-state index contributed by atoms with van der Waals surface area (Å²) in [5.41, 5.74) is 0.924. The van der Waals surface area contributed by atoms with Crippen molar-refractivity contribution in [3.63, 3.8) is 0 Å². The maximum Gasteiger partial charge on any atom is 0.238 e. The van der Waals surface area contributed by atoms with E-state index in [1.165, 1.54) is 17.7 Å². The van der Waals surface area contributed by atoms with Gasteiger partial charge in [-0.15, -0.1) is 0 Å². The molecule has 4 atom stereocenters. The third-order valence-corrected chi connectivity index (χ3v) is 6.26. The van der Waals surface area contributed by atoms with Crippen LogP contribution in [0.1, 0.15) is 19.8 Å². The zero-order chi connectivity index (χ0) is 15.8. The summed E-state index contributed by atoms with van der Waals surface area (Å²) in [6, 6.07) is 7.26. The van der Waals surface area contributed by atoms with Crippen molar-refractivity contribution in [2.45, 2.75) is 19.8 Å². The molecule has 4 unspecified atom stereocenters. The summed E-state index contributed by atoms with van der Waals surface area (Å²) in [5, 5.41) is 0. The molecule has 4 heteroatoms. The van der Waals surface area contributed by atoms with E-state index in [9.17, 15) is 9.59 Å². The molecular formula is C19H19NO3. The van der Waals surface area contributed by atoms with Gasteiger partial charge in [-0.1, -0.05) is 12.2 Å². The number of anilines is 1. The van der Waals surface area contributed by atoms with Crippen LogP contribution in [0.15, 0.2) is 36.4 Å². The Labute approximate surface area is 135 Å². The molecule has 3 fully saturated rings. The Hall–Kier alpha value is -2.10. The van der Waals surface area contributed by atoms with Crippen molar-refractivity contribution >= 4 is 17.5 Å². The van der Waals surface area contributed by atoms with E-state index < -0.39 is 0 Å². The standard InChI is InChI=1S/C19H19NO3/c1-2-23-12-5-3-11(4-6-12)20-17(21)15-13-7-8-14(16(15)18(20)22)19(13)9-10-19/h3-8,13-16H,2,9-10H2,1H3. The number of hydrogen-bond acceptors (Lipinski definition) is 3. The lowest BCUT2D eigenvalue weighted by atomic mass is 9.85. The first-order valence-electron chi connectivity index (χ1n) is 8.46. The van der Waals surface area contributed by atoms with Gasteiger partial charge in [-0.3, -0.25) is 14.5 Å². The van der Waals surface area contributed by atoms with Crippen molar-refractivity contribution < 1.29 is 14.3 Å². The van der Waals surface area contributed by atoms with E-state index in [2.05, 4.69) is 12.2 Å². The van der Waals surface area contributed by atoms with Crippen molar-refractivity contribution in [3.05, 3.63) is 36.4 Å². The zero-order valence-electron chi connectivity index (χ0n) is 13.1. The maximum absolute atomic E-state index is 13.0. The van der Waals surface area contributed by atoms with Crippen LogP contribution in [-0.2, 0) is 9.59 Å². The second kappa shape index (κ2) is 4.25. The Morgan fingerprint density at radius 3 is 2.09 bits per heavy atom. The molecule has 3 aliphatic carbocycles. The number of rotatable bonds is 3. The predicted octanol–water partition coefficient (Wildman–Crippen LogP) is 2.79. The molecule has 1 heterocycles. The van der Waals surface area contributed by atoms with Crippen molar-refractivity contribution in [1.29, 1.82) is 0 Å². The Morgan fingerprint density at radius 2 is 1.61 bits per heavy atom. The van der Waals surface area contributed by atoms with Gasteiger partial charge in [0.15, 0.2) is 0 Å². The molecule has 0 N–H and O–H groups in total. The summed E-state index contributed by atoms with van der Waals surface area (Å²) < 4.78 is 5.43. The van der Waals surface area contributed by atoms with E-state index in [-0.39, 0.29) is 40.9 Å². The smallest absolute Gasteiger partial charge is 0.238 e. The van der Waals surface area contributed by atoms with Crippen LogP contribution in [0.25, 0.3) is 0 Å². The molecular weight excluding hydrogens is 290 g/mol.